The fourth-order valence-corrected chi connectivity index (χ4v) is 6.65. The van der Waals surface area contributed by atoms with Crippen LogP contribution < -0.4 is 20.3 Å². The fraction of sp³-hybridized carbons (Fsp3) is 0.308. The van der Waals surface area contributed by atoms with E-state index in [0.717, 1.165) is 12.1 Å². The Balaban J connectivity index is 1.77. The molecule has 0 aliphatic heterocycles. The lowest BCUT2D eigenvalue weighted by molar-refractivity contribution is -0.137. The van der Waals surface area contributed by atoms with Gasteiger partial charge in [0.25, 0.3) is 5.56 Å². The number of benzene rings is 2. The summed E-state index contributed by atoms with van der Waals surface area (Å²) in [6, 6.07) is 7.58. The number of alkyl halides is 3. The maximum Gasteiger partial charge on any atom is 0.416 e. The number of halogens is 4. The first kappa shape index (κ1) is 33.5. The minimum Gasteiger partial charge on any atom is -0.492 e. The molecule has 3 rings (SSSR count). The molecule has 0 atom stereocenters. The Morgan fingerprint density at radius 3 is 2.23 bits per heavy atom. The molecular weight excluding hydrogens is 622 g/mol. The van der Waals surface area contributed by atoms with Gasteiger partial charge in [0.15, 0.2) is 5.75 Å². The van der Waals surface area contributed by atoms with Crippen LogP contribution in [0.1, 0.15) is 18.1 Å². The summed E-state index contributed by atoms with van der Waals surface area (Å²) in [5.41, 5.74) is -1.31. The summed E-state index contributed by atoms with van der Waals surface area (Å²) in [7, 11) is -8.43. The van der Waals surface area contributed by atoms with Crippen molar-refractivity contribution in [3.63, 3.8) is 0 Å². The third-order valence-electron chi connectivity index (χ3n) is 5.71. The molecule has 11 nitrogen and oxygen atoms in total. The van der Waals surface area contributed by atoms with Gasteiger partial charge in [-0.05, 0) is 42.3 Å². The summed E-state index contributed by atoms with van der Waals surface area (Å²) in [6.45, 7) is 0.583. The highest BCUT2D eigenvalue weighted by Crippen LogP contribution is 2.34. The average molecular weight is 650 g/mol. The molecule has 0 saturated heterocycles. The zero-order chi connectivity index (χ0) is 32.2. The molecule has 1 amide bonds. The van der Waals surface area contributed by atoms with Gasteiger partial charge in [0, 0.05) is 23.5 Å². The minimum absolute atomic E-state index is 0.0384. The van der Waals surface area contributed by atoms with Crippen molar-refractivity contribution >= 4 is 31.6 Å². The van der Waals surface area contributed by atoms with Crippen LogP contribution in [0.15, 0.2) is 53.5 Å². The SMILES string of the molecule is CCOc1cc(-c2ccc(CC(=O)Nc3cc(OCCN(S(C)(=O)=O)S(C)(=O)=O)cc(C(F)(F)F)c3)c(F)c2)c[nH]c1=O. The second-order valence-corrected chi connectivity index (χ2v) is 13.2. The number of nitrogens with zero attached hydrogens (tertiary/aromatic N) is 1. The third kappa shape index (κ3) is 9.26. The summed E-state index contributed by atoms with van der Waals surface area (Å²) in [4.78, 5) is 26.9. The molecule has 0 saturated carbocycles. The van der Waals surface area contributed by atoms with Crippen molar-refractivity contribution in [3.8, 4) is 22.6 Å². The van der Waals surface area contributed by atoms with E-state index in [1.54, 1.807) is 6.92 Å². The smallest absolute Gasteiger partial charge is 0.416 e. The van der Waals surface area contributed by atoms with Crippen LogP contribution in [-0.2, 0) is 37.4 Å². The monoisotopic (exact) mass is 649 g/mol. The Kier molecular flexibility index (Phi) is 10.2. The van der Waals surface area contributed by atoms with E-state index in [0.29, 0.717) is 35.8 Å². The first-order valence-electron chi connectivity index (χ1n) is 12.4. The average Bonchev–Trinajstić information content (AvgIpc) is 2.87. The molecule has 0 aliphatic carbocycles. The van der Waals surface area contributed by atoms with Gasteiger partial charge in [0.2, 0.25) is 26.0 Å². The number of amides is 1. The molecule has 17 heteroatoms. The second-order valence-electron chi connectivity index (χ2n) is 9.16. The van der Waals surface area contributed by atoms with Crippen LogP contribution in [0.3, 0.4) is 0 Å². The van der Waals surface area contributed by atoms with Gasteiger partial charge in [-0.2, -0.15) is 13.2 Å². The van der Waals surface area contributed by atoms with Crippen LogP contribution in [0.25, 0.3) is 11.1 Å². The molecule has 1 aromatic heterocycles. The van der Waals surface area contributed by atoms with Crippen molar-refractivity contribution in [1.82, 2.24) is 8.69 Å². The predicted molar refractivity (Wildman–Crippen MR) is 149 cm³/mol. The quantitative estimate of drug-likeness (QED) is 0.284. The lowest BCUT2D eigenvalue weighted by atomic mass is 10.0. The molecule has 0 aliphatic rings. The Morgan fingerprint density at radius 2 is 1.65 bits per heavy atom. The van der Waals surface area contributed by atoms with Crippen LogP contribution in [0.2, 0.25) is 0 Å². The highest BCUT2D eigenvalue weighted by molar-refractivity contribution is 8.03. The van der Waals surface area contributed by atoms with Crippen LogP contribution in [0.4, 0.5) is 23.2 Å². The van der Waals surface area contributed by atoms with E-state index in [2.05, 4.69) is 10.3 Å². The van der Waals surface area contributed by atoms with Crippen LogP contribution in [0.5, 0.6) is 11.5 Å². The Labute approximate surface area is 244 Å². The summed E-state index contributed by atoms with van der Waals surface area (Å²) in [6.07, 6.45) is -2.77. The number of pyridine rings is 1. The lowest BCUT2D eigenvalue weighted by Gasteiger charge is -2.18. The largest absolute Gasteiger partial charge is 0.492 e. The molecule has 0 spiro atoms. The van der Waals surface area contributed by atoms with E-state index < -0.39 is 74.4 Å². The number of carbonyl (C=O) groups excluding carboxylic acids is 1. The summed E-state index contributed by atoms with van der Waals surface area (Å²) in [5, 5.41) is 2.25. The van der Waals surface area contributed by atoms with Crippen molar-refractivity contribution in [1.29, 1.82) is 0 Å². The number of carbonyl (C=O) groups is 1. The number of hydrogen-bond acceptors (Lipinski definition) is 8. The normalized spacial score (nSPS) is 12.3. The van der Waals surface area contributed by atoms with Gasteiger partial charge < -0.3 is 19.8 Å². The molecule has 0 bridgehead atoms. The molecule has 2 N–H and O–H groups in total. The summed E-state index contributed by atoms with van der Waals surface area (Å²) >= 11 is 0. The number of aromatic amines is 1. The Morgan fingerprint density at radius 1 is 0.977 bits per heavy atom. The van der Waals surface area contributed by atoms with Crippen LogP contribution in [-0.4, -0.2) is 63.7 Å². The van der Waals surface area contributed by atoms with Gasteiger partial charge >= 0.3 is 6.18 Å². The number of ether oxygens (including phenoxy) is 2. The maximum atomic E-state index is 14.9. The van der Waals surface area contributed by atoms with E-state index in [1.807, 2.05) is 0 Å². The van der Waals surface area contributed by atoms with Gasteiger partial charge in [-0.3, -0.25) is 9.59 Å². The van der Waals surface area contributed by atoms with Crippen molar-refractivity contribution in [3.05, 3.63) is 76.0 Å². The Bertz CT molecular complexity index is 1740. The van der Waals surface area contributed by atoms with E-state index in [9.17, 15) is 44.0 Å². The summed E-state index contributed by atoms with van der Waals surface area (Å²) in [5.74, 6) is -2.04. The van der Waals surface area contributed by atoms with Crippen molar-refractivity contribution in [2.45, 2.75) is 19.5 Å². The maximum absolute atomic E-state index is 14.9. The topological polar surface area (TPSA) is 152 Å². The van der Waals surface area contributed by atoms with Gasteiger partial charge in [-0.25, -0.2) is 21.2 Å². The van der Waals surface area contributed by atoms with E-state index in [-0.39, 0.29) is 27.3 Å². The van der Waals surface area contributed by atoms with Crippen LogP contribution in [0, 0.1) is 5.82 Å². The highest BCUT2D eigenvalue weighted by Gasteiger charge is 2.32. The van der Waals surface area contributed by atoms with Gasteiger partial charge in [-0.15, -0.1) is 0 Å². The number of anilines is 1. The van der Waals surface area contributed by atoms with Crippen molar-refractivity contribution in [2.75, 3.05) is 37.6 Å². The van der Waals surface area contributed by atoms with E-state index in [1.165, 1.54) is 24.4 Å². The number of aromatic nitrogens is 1. The molecular formula is C26H27F4N3O8S2. The van der Waals surface area contributed by atoms with E-state index >= 15 is 0 Å². The van der Waals surface area contributed by atoms with Gasteiger partial charge in [0.05, 0.1) is 37.6 Å². The molecule has 1 heterocycles. The standard InChI is InChI=1S/C26H27F4N3O8S2/c1-4-40-23-10-18(15-31-25(23)35)16-5-6-17(22(27)9-16)11-24(34)32-20-12-19(26(28,29)30)13-21(14-20)41-8-7-33(42(2,36)37)43(3,38)39/h5-6,9-10,12-15H,4,7-8,11H2,1-3H3,(H,31,35)(H,32,34). The van der Waals surface area contributed by atoms with Crippen molar-refractivity contribution < 1.29 is 48.7 Å². The molecule has 0 radical (unpaired) electrons. The first-order chi connectivity index (χ1) is 19.9. The predicted octanol–water partition coefficient (Wildman–Crippen LogP) is 3.38. The summed E-state index contributed by atoms with van der Waals surface area (Å²) < 4.78 is 113. The zero-order valence-electron chi connectivity index (χ0n) is 23.0. The third-order valence-corrected chi connectivity index (χ3v) is 9.18. The number of sulfonamides is 2. The fourth-order valence-electron chi connectivity index (χ4n) is 3.87. The van der Waals surface area contributed by atoms with Crippen molar-refractivity contribution in [2.24, 2.45) is 0 Å². The highest BCUT2D eigenvalue weighted by atomic mass is 32.3. The van der Waals surface area contributed by atoms with Crippen LogP contribution >= 0.6 is 0 Å². The molecule has 0 fully saturated rings. The number of rotatable bonds is 12. The second kappa shape index (κ2) is 13.1. The molecule has 234 valence electrons. The zero-order valence-corrected chi connectivity index (χ0v) is 24.6. The first-order valence-corrected chi connectivity index (χ1v) is 16.0. The number of nitrogens with one attached hydrogen (secondary N) is 2. The number of hydrogen-bond donors (Lipinski definition) is 2. The molecule has 2 aromatic carbocycles. The van der Waals surface area contributed by atoms with Gasteiger partial charge in [0.1, 0.15) is 18.2 Å². The molecule has 3 aromatic rings. The Hall–Kier alpha value is -3.96. The minimum atomic E-state index is -4.86. The van der Waals surface area contributed by atoms with Gasteiger partial charge in [-0.1, -0.05) is 15.8 Å². The number of H-pyrrole nitrogens is 1. The molecule has 0 unspecified atom stereocenters. The molecule has 43 heavy (non-hydrogen) atoms. The lowest BCUT2D eigenvalue weighted by Crippen LogP contribution is -2.38. The van der Waals surface area contributed by atoms with E-state index in [4.69, 9.17) is 9.47 Å².